The fraction of sp³-hybridized carbons (Fsp3) is 0.579. The lowest BCUT2D eigenvalue weighted by Crippen LogP contribution is -2.22. The number of aromatic nitrogens is 2. The second-order valence-corrected chi connectivity index (χ2v) is 11.4. The van der Waals surface area contributed by atoms with Crippen molar-refractivity contribution < 1.29 is 13.5 Å². The number of benzene rings is 1. The topological polar surface area (TPSA) is 98.2 Å². The van der Waals surface area contributed by atoms with Crippen LogP contribution in [0.5, 0.6) is 0 Å². The number of nitrogens with zero attached hydrogens (tertiary/aromatic N) is 1. The van der Waals surface area contributed by atoms with Crippen molar-refractivity contribution in [1.82, 2.24) is 9.97 Å². The minimum absolute atomic E-state index is 0.00247. The number of halogens is 1. The first kappa shape index (κ1) is 20.0. The summed E-state index contributed by atoms with van der Waals surface area (Å²) in [5.74, 6) is 1.36. The first-order valence-corrected chi connectivity index (χ1v) is 12.7. The molecule has 9 heteroatoms. The second-order valence-electron chi connectivity index (χ2n) is 7.71. The molecule has 2 fully saturated rings. The third kappa shape index (κ3) is 4.64. The van der Waals surface area contributed by atoms with Crippen molar-refractivity contribution in [3.8, 4) is 0 Å². The fourth-order valence-electron chi connectivity index (χ4n) is 3.98. The zero-order chi connectivity index (χ0) is 19.7. The average Bonchev–Trinajstić information content (AvgIpc) is 3.13. The second kappa shape index (κ2) is 8.22. The summed E-state index contributed by atoms with van der Waals surface area (Å²) in [6.07, 6.45) is 6.02. The number of fused-ring (bicyclic) bond motifs is 1. The molecule has 2 heterocycles. The molecular weight excluding hydrogens is 401 g/mol. The zero-order valence-electron chi connectivity index (χ0n) is 15.6. The van der Waals surface area contributed by atoms with E-state index in [4.69, 9.17) is 0 Å². The summed E-state index contributed by atoms with van der Waals surface area (Å²) in [5, 5.41) is 3.67. The molecule has 1 aliphatic carbocycles. The molecule has 2 aromatic rings. The Morgan fingerprint density at radius 2 is 1.93 bits per heavy atom. The van der Waals surface area contributed by atoms with Gasteiger partial charge in [-0.1, -0.05) is 12.8 Å². The van der Waals surface area contributed by atoms with Crippen LogP contribution in [-0.2, 0) is 5.75 Å². The maximum absolute atomic E-state index is 14.5. The summed E-state index contributed by atoms with van der Waals surface area (Å²) >= 11 is 1.65. The fourth-order valence-corrected chi connectivity index (χ4v) is 6.91. The third-order valence-electron chi connectivity index (χ3n) is 5.52. The molecular formula is C19H26FN3O3S2. The van der Waals surface area contributed by atoms with Gasteiger partial charge in [0.15, 0.2) is 0 Å². The van der Waals surface area contributed by atoms with Crippen LogP contribution in [0.1, 0.15) is 44.3 Å². The molecule has 6 nitrogen and oxygen atoms in total. The molecule has 0 amide bonds. The van der Waals surface area contributed by atoms with E-state index in [0.29, 0.717) is 45.6 Å². The Morgan fingerprint density at radius 3 is 2.64 bits per heavy atom. The van der Waals surface area contributed by atoms with Crippen LogP contribution in [0.4, 0.5) is 10.1 Å². The van der Waals surface area contributed by atoms with Gasteiger partial charge in [-0.2, -0.15) is 22.4 Å². The quantitative estimate of drug-likeness (QED) is 0.558. The Labute approximate surface area is 169 Å². The van der Waals surface area contributed by atoms with Crippen LogP contribution in [0, 0.1) is 5.82 Å². The van der Waals surface area contributed by atoms with Gasteiger partial charge in [0.05, 0.1) is 11.3 Å². The van der Waals surface area contributed by atoms with Crippen molar-refractivity contribution in [3.63, 3.8) is 0 Å². The summed E-state index contributed by atoms with van der Waals surface area (Å²) in [5.41, 5.74) is 0.590. The van der Waals surface area contributed by atoms with E-state index in [0.717, 1.165) is 25.7 Å². The van der Waals surface area contributed by atoms with E-state index < -0.39 is 22.0 Å². The number of H-pyrrole nitrogens is 1. The lowest BCUT2D eigenvalue weighted by Gasteiger charge is -2.38. The number of anilines is 1. The van der Waals surface area contributed by atoms with Gasteiger partial charge in [-0.15, -0.1) is 0 Å². The number of hydrogen-bond donors (Lipinski definition) is 4. The van der Waals surface area contributed by atoms with Crippen molar-refractivity contribution >= 4 is 38.9 Å². The van der Waals surface area contributed by atoms with Crippen LogP contribution in [0.25, 0.3) is 10.9 Å². The van der Waals surface area contributed by atoms with E-state index in [2.05, 4.69) is 15.3 Å². The Morgan fingerprint density at radius 1 is 1.21 bits per heavy atom. The van der Waals surface area contributed by atoms with E-state index in [1.165, 1.54) is 18.9 Å². The molecule has 1 saturated carbocycles. The minimum atomic E-state index is -2.39. The van der Waals surface area contributed by atoms with Gasteiger partial charge in [0.2, 0.25) is 0 Å². The van der Waals surface area contributed by atoms with Crippen molar-refractivity contribution in [2.75, 3.05) is 16.8 Å². The lowest BCUT2D eigenvalue weighted by molar-refractivity contribution is 0.471. The standard InChI is InChI=1S/C19H26FN3O3S2/c20-15-9-13(21-12-3-1-2-4-12)10-16-18(15)19(24)23-17(22-16)11-27-14-5-7-28(25,26)8-6-14/h9-10,12,14,21,25-26H,1-8,11H2,(H,22,23,24). The molecule has 0 atom stereocenters. The van der Waals surface area contributed by atoms with E-state index in [9.17, 15) is 18.3 Å². The average molecular weight is 428 g/mol. The van der Waals surface area contributed by atoms with Crippen LogP contribution in [0.3, 0.4) is 0 Å². The smallest absolute Gasteiger partial charge is 0.261 e. The number of rotatable bonds is 5. The van der Waals surface area contributed by atoms with Gasteiger partial charge >= 0.3 is 0 Å². The van der Waals surface area contributed by atoms with Crippen LogP contribution in [0.2, 0.25) is 0 Å². The number of thioether (sulfide) groups is 1. The number of nitrogens with one attached hydrogen (secondary N) is 2. The molecule has 1 aliphatic heterocycles. The summed E-state index contributed by atoms with van der Waals surface area (Å²) < 4.78 is 33.9. The molecule has 2 aliphatic rings. The minimum Gasteiger partial charge on any atom is -0.382 e. The van der Waals surface area contributed by atoms with Gasteiger partial charge in [-0.25, -0.2) is 9.37 Å². The molecule has 0 bridgehead atoms. The van der Waals surface area contributed by atoms with E-state index in [1.807, 2.05) is 0 Å². The Balaban J connectivity index is 1.50. The normalized spacial score (nSPS) is 21.8. The summed E-state index contributed by atoms with van der Waals surface area (Å²) in [4.78, 5) is 19.6. The highest BCUT2D eigenvalue weighted by molar-refractivity contribution is 8.24. The maximum Gasteiger partial charge on any atom is 0.261 e. The summed E-state index contributed by atoms with van der Waals surface area (Å²) in [6, 6.07) is 3.50. The Kier molecular flexibility index (Phi) is 5.87. The van der Waals surface area contributed by atoms with Gasteiger partial charge in [-0.3, -0.25) is 13.9 Å². The van der Waals surface area contributed by atoms with Gasteiger partial charge in [0.25, 0.3) is 5.56 Å². The number of aromatic amines is 1. The van der Waals surface area contributed by atoms with Crippen molar-refractivity contribution in [1.29, 1.82) is 0 Å². The SMILES string of the molecule is O=c1[nH]c(CSC2CCS(O)(O)CC2)nc2cc(NC3CCCC3)cc(F)c12. The first-order valence-electron chi connectivity index (χ1n) is 9.74. The van der Waals surface area contributed by atoms with Crippen LogP contribution in [-0.4, -0.2) is 41.9 Å². The zero-order valence-corrected chi connectivity index (χ0v) is 17.3. The van der Waals surface area contributed by atoms with Crippen LogP contribution < -0.4 is 10.9 Å². The lowest BCUT2D eigenvalue weighted by atomic mass is 10.2. The Hall–Kier alpha value is -1.29. The van der Waals surface area contributed by atoms with Crippen LogP contribution in [0.15, 0.2) is 16.9 Å². The van der Waals surface area contributed by atoms with E-state index in [-0.39, 0.29) is 5.39 Å². The predicted octanol–water partition coefficient (Wildman–Crippen LogP) is 4.56. The van der Waals surface area contributed by atoms with Gasteiger partial charge in [0.1, 0.15) is 17.0 Å². The molecule has 154 valence electrons. The van der Waals surface area contributed by atoms with E-state index >= 15 is 0 Å². The first-order chi connectivity index (χ1) is 13.4. The van der Waals surface area contributed by atoms with Crippen molar-refractivity contribution in [2.45, 2.75) is 55.6 Å². The molecule has 0 spiro atoms. The van der Waals surface area contributed by atoms with Gasteiger partial charge in [0, 0.05) is 28.5 Å². The van der Waals surface area contributed by atoms with Gasteiger partial charge in [-0.05, 0) is 37.8 Å². The Bertz CT molecular complexity index is 905. The molecule has 0 radical (unpaired) electrons. The molecule has 4 rings (SSSR count). The number of hydrogen-bond acceptors (Lipinski definition) is 6. The highest BCUT2D eigenvalue weighted by Crippen LogP contribution is 2.46. The van der Waals surface area contributed by atoms with Crippen molar-refractivity contribution in [3.05, 3.63) is 34.1 Å². The largest absolute Gasteiger partial charge is 0.382 e. The summed E-state index contributed by atoms with van der Waals surface area (Å²) in [7, 11) is -2.39. The molecule has 4 N–H and O–H groups in total. The molecule has 28 heavy (non-hydrogen) atoms. The monoisotopic (exact) mass is 427 g/mol. The third-order valence-corrected chi connectivity index (χ3v) is 8.69. The van der Waals surface area contributed by atoms with Crippen molar-refractivity contribution in [2.24, 2.45) is 0 Å². The highest BCUT2D eigenvalue weighted by atomic mass is 32.3. The maximum atomic E-state index is 14.5. The van der Waals surface area contributed by atoms with Gasteiger partial charge < -0.3 is 10.3 Å². The summed E-state index contributed by atoms with van der Waals surface area (Å²) in [6.45, 7) is 0. The molecule has 1 saturated heterocycles. The molecule has 1 aromatic carbocycles. The predicted molar refractivity (Wildman–Crippen MR) is 115 cm³/mol. The van der Waals surface area contributed by atoms with E-state index in [1.54, 1.807) is 17.8 Å². The molecule has 1 aromatic heterocycles. The molecule has 0 unspecified atom stereocenters. The van der Waals surface area contributed by atoms with Crippen LogP contribution >= 0.6 is 22.4 Å². The highest BCUT2D eigenvalue weighted by Gasteiger charge is 2.24.